The van der Waals surface area contributed by atoms with Gasteiger partial charge in [-0.05, 0) is 12.5 Å². The molecule has 13 heavy (non-hydrogen) atoms. The molecule has 0 saturated carbocycles. The Morgan fingerprint density at radius 1 is 1.46 bits per heavy atom. The Bertz CT molecular complexity index is 272. The highest BCUT2D eigenvalue weighted by Crippen LogP contribution is 2.13. The molecule has 0 radical (unpaired) electrons. The van der Waals surface area contributed by atoms with Crippen LogP contribution in [-0.4, -0.2) is 11.6 Å². The second-order valence-electron chi connectivity index (χ2n) is 3.18. The molecule has 0 saturated heterocycles. The minimum absolute atomic E-state index is 0.144. The fourth-order valence-corrected chi connectivity index (χ4v) is 1.21. The first-order chi connectivity index (χ1) is 6.22. The summed E-state index contributed by atoms with van der Waals surface area (Å²) < 4.78 is 0. The van der Waals surface area contributed by atoms with E-state index in [1.807, 2.05) is 19.1 Å². The lowest BCUT2D eigenvalue weighted by Gasteiger charge is -2.04. The fraction of sp³-hybridized carbons (Fsp3) is 0.455. The lowest BCUT2D eigenvalue weighted by atomic mass is 10.0. The van der Waals surface area contributed by atoms with Crippen molar-refractivity contribution >= 4 is 11.6 Å². The molecule has 0 aliphatic heterocycles. The molecule has 0 fully saturated rings. The average molecular weight is 178 g/mol. The van der Waals surface area contributed by atoms with Gasteiger partial charge in [0.15, 0.2) is 5.78 Å². The van der Waals surface area contributed by atoms with E-state index in [-0.39, 0.29) is 11.6 Å². The van der Waals surface area contributed by atoms with Gasteiger partial charge in [0, 0.05) is 19.3 Å². The lowest BCUT2D eigenvalue weighted by Crippen LogP contribution is -1.99. The van der Waals surface area contributed by atoms with Gasteiger partial charge >= 0.3 is 0 Å². The van der Waals surface area contributed by atoms with Crippen LogP contribution in [0, 0.1) is 0 Å². The summed E-state index contributed by atoms with van der Waals surface area (Å²) in [6.45, 7) is 1.87. The second kappa shape index (κ2) is 4.75. The Labute approximate surface area is 78.3 Å². The third-order valence-corrected chi connectivity index (χ3v) is 2.14. The first kappa shape index (κ1) is 9.90. The van der Waals surface area contributed by atoms with Gasteiger partial charge in [0.2, 0.25) is 0 Å². The van der Waals surface area contributed by atoms with Gasteiger partial charge in [0.05, 0.1) is 0 Å². The minimum Gasteiger partial charge on any atom is -0.300 e. The summed E-state index contributed by atoms with van der Waals surface area (Å²) in [5.41, 5.74) is 1.11. The molecular formula is C11H14O2. The van der Waals surface area contributed by atoms with E-state index in [1.54, 1.807) is 6.08 Å². The van der Waals surface area contributed by atoms with Crippen LogP contribution in [0.25, 0.3) is 0 Å². The number of ketones is 2. The smallest absolute Gasteiger partial charge is 0.159 e. The van der Waals surface area contributed by atoms with Crippen LogP contribution in [-0.2, 0) is 9.59 Å². The summed E-state index contributed by atoms with van der Waals surface area (Å²) in [5, 5.41) is 0. The van der Waals surface area contributed by atoms with Crippen LogP contribution in [0.1, 0.15) is 32.6 Å². The van der Waals surface area contributed by atoms with Crippen LogP contribution in [0.2, 0.25) is 0 Å². The Kier molecular flexibility index (Phi) is 3.62. The predicted molar refractivity (Wildman–Crippen MR) is 51.4 cm³/mol. The minimum atomic E-state index is 0.144. The van der Waals surface area contributed by atoms with Crippen molar-refractivity contribution < 1.29 is 9.59 Å². The molecule has 0 unspecified atom stereocenters. The Hall–Kier alpha value is -1.18. The van der Waals surface area contributed by atoms with Crippen molar-refractivity contribution in [3.63, 3.8) is 0 Å². The van der Waals surface area contributed by atoms with Crippen LogP contribution in [0.15, 0.2) is 23.8 Å². The van der Waals surface area contributed by atoms with Gasteiger partial charge in [-0.15, -0.1) is 0 Å². The SMILES string of the molecule is CCC(=O)CCC1=CCC(=O)C=C1. The monoisotopic (exact) mass is 178 g/mol. The van der Waals surface area contributed by atoms with Crippen LogP contribution in [0.3, 0.4) is 0 Å². The van der Waals surface area contributed by atoms with E-state index in [0.717, 1.165) is 12.0 Å². The molecule has 0 bridgehead atoms. The molecule has 0 atom stereocenters. The first-order valence-electron chi connectivity index (χ1n) is 4.64. The van der Waals surface area contributed by atoms with Crippen molar-refractivity contribution in [1.82, 2.24) is 0 Å². The van der Waals surface area contributed by atoms with Crippen molar-refractivity contribution in [2.75, 3.05) is 0 Å². The molecule has 0 N–H and O–H groups in total. The van der Waals surface area contributed by atoms with Gasteiger partial charge < -0.3 is 0 Å². The van der Waals surface area contributed by atoms with E-state index >= 15 is 0 Å². The molecule has 0 aromatic rings. The van der Waals surface area contributed by atoms with Crippen molar-refractivity contribution in [2.24, 2.45) is 0 Å². The first-order valence-corrected chi connectivity index (χ1v) is 4.64. The largest absolute Gasteiger partial charge is 0.300 e. The summed E-state index contributed by atoms with van der Waals surface area (Å²) in [6, 6.07) is 0. The Morgan fingerprint density at radius 2 is 2.23 bits per heavy atom. The number of hydrogen-bond donors (Lipinski definition) is 0. The summed E-state index contributed by atoms with van der Waals surface area (Å²) in [5.74, 6) is 0.428. The molecule has 2 heteroatoms. The normalized spacial score (nSPS) is 15.8. The molecule has 2 nitrogen and oxygen atoms in total. The highest BCUT2D eigenvalue weighted by Gasteiger charge is 2.05. The second-order valence-corrected chi connectivity index (χ2v) is 3.18. The van der Waals surface area contributed by atoms with Crippen molar-refractivity contribution in [2.45, 2.75) is 32.6 Å². The van der Waals surface area contributed by atoms with Gasteiger partial charge in [-0.2, -0.15) is 0 Å². The maximum atomic E-state index is 11.0. The number of carbonyl (C=O) groups is 2. The highest BCUT2D eigenvalue weighted by atomic mass is 16.1. The standard InChI is InChI=1S/C11H14O2/c1-2-10(12)6-3-9-4-7-11(13)8-5-9/h4-5,7H,2-3,6,8H2,1H3. The molecule has 0 amide bonds. The van der Waals surface area contributed by atoms with Gasteiger partial charge in [-0.3, -0.25) is 9.59 Å². The van der Waals surface area contributed by atoms with E-state index in [4.69, 9.17) is 0 Å². The van der Waals surface area contributed by atoms with E-state index < -0.39 is 0 Å². The summed E-state index contributed by atoms with van der Waals surface area (Å²) in [7, 11) is 0. The van der Waals surface area contributed by atoms with Crippen LogP contribution < -0.4 is 0 Å². The summed E-state index contributed by atoms with van der Waals surface area (Å²) in [6.07, 6.45) is 7.78. The van der Waals surface area contributed by atoms with E-state index in [2.05, 4.69) is 0 Å². The summed E-state index contributed by atoms with van der Waals surface area (Å²) in [4.78, 5) is 21.8. The van der Waals surface area contributed by atoms with Gasteiger partial charge in [-0.25, -0.2) is 0 Å². The van der Waals surface area contributed by atoms with E-state index in [1.165, 1.54) is 0 Å². The number of Topliss-reactive ketones (excluding diaryl/α,β-unsaturated/α-hetero) is 1. The molecule has 0 aromatic carbocycles. The van der Waals surface area contributed by atoms with Crippen molar-refractivity contribution in [1.29, 1.82) is 0 Å². The predicted octanol–water partition coefficient (Wildman–Crippen LogP) is 2.20. The molecule has 0 spiro atoms. The Morgan fingerprint density at radius 3 is 2.77 bits per heavy atom. The lowest BCUT2D eigenvalue weighted by molar-refractivity contribution is -0.118. The van der Waals surface area contributed by atoms with Crippen LogP contribution in [0.4, 0.5) is 0 Å². The molecule has 1 aliphatic rings. The van der Waals surface area contributed by atoms with Gasteiger partial charge in [0.25, 0.3) is 0 Å². The summed E-state index contributed by atoms with van der Waals surface area (Å²) >= 11 is 0. The van der Waals surface area contributed by atoms with Crippen molar-refractivity contribution in [3.05, 3.63) is 23.8 Å². The third-order valence-electron chi connectivity index (χ3n) is 2.14. The number of rotatable bonds is 4. The fourth-order valence-electron chi connectivity index (χ4n) is 1.21. The zero-order valence-corrected chi connectivity index (χ0v) is 7.88. The Balaban J connectivity index is 2.35. The van der Waals surface area contributed by atoms with Gasteiger partial charge in [-0.1, -0.05) is 24.6 Å². The molecule has 1 rings (SSSR count). The van der Waals surface area contributed by atoms with Crippen molar-refractivity contribution in [3.8, 4) is 0 Å². The third kappa shape index (κ3) is 3.36. The average Bonchev–Trinajstić information content (AvgIpc) is 2.16. The maximum absolute atomic E-state index is 11.0. The van der Waals surface area contributed by atoms with E-state index in [9.17, 15) is 9.59 Å². The quantitative estimate of drug-likeness (QED) is 0.661. The van der Waals surface area contributed by atoms with Crippen LogP contribution in [0.5, 0.6) is 0 Å². The topological polar surface area (TPSA) is 34.1 Å². The van der Waals surface area contributed by atoms with E-state index in [0.29, 0.717) is 19.3 Å². The zero-order valence-electron chi connectivity index (χ0n) is 7.88. The number of allylic oxidation sites excluding steroid dienone is 4. The molecule has 1 aliphatic carbocycles. The number of carbonyl (C=O) groups excluding carboxylic acids is 2. The zero-order chi connectivity index (χ0) is 9.68. The molecule has 0 heterocycles. The molecule has 0 aromatic heterocycles. The number of hydrogen-bond acceptors (Lipinski definition) is 2. The maximum Gasteiger partial charge on any atom is 0.159 e. The van der Waals surface area contributed by atoms with Crippen LogP contribution >= 0.6 is 0 Å². The highest BCUT2D eigenvalue weighted by molar-refractivity contribution is 5.92. The molecular weight excluding hydrogens is 164 g/mol. The molecule has 70 valence electrons. The van der Waals surface area contributed by atoms with Gasteiger partial charge in [0.1, 0.15) is 5.78 Å².